The van der Waals surface area contributed by atoms with Gasteiger partial charge in [-0.3, -0.25) is 4.90 Å². The van der Waals surface area contributed by atoms with Gasteiger partial charge < -0.3 is 18.6 Å². The first kappa shape index (κ1) is 24.5. The smallest absolute Gasteiger partial charge is 0.374 e. The van der Waals surface area contributed by atoms with Crippen LogP contribution in [0.2, 0.25) is 0 Å². The molecule has 37 heavy (non-hydrogen) atoms. The molecule has 1 aliphatic rings. The average Bonchev–Trinajstić information content (AvgIpc) is 3.60. The maximum absolute atomic E-state index is 12.0. The summed E-state index contributed by atoms with van der Waals surface area (Å²) < 4.78 is 17.7. The minimum Gasteiger partial charge on any atom is -0.460 e. The number of hydrogen-bond acceptors (Lipinski definition) is 7. The molecular weight excluding hydrogens is 468 g/mol. The Labute approximate surface area is 215 Å². The van der Waals surface area contributed by atoms with Crippen molar-refractivity contribution >= 4 is 5.97 Å². The molecule has 0 aliphatic carbocycles. The summed E-state index contributed by atoms with van der Waals surface area (Å²) in [4.78, 5) is 18.5. The van der Waals surface area contributed by atoms with Crippen LogP contribution in [0.5, 0.6) is 0 Å². The van der Waals surface area contributed by atoms with E-state index in [4.69, 9.17) is 14.0 Å². The van der Waals surface area contributed by atoms with Gasteiger partial charge >= 0.3 is 5.97 Å². The van der Waals surface area contributed by atoms with Crippen molar-refractivity contribution in [2.24, 2.45) is 0 Å². The van der Waals surface area contributed by atoms with Gasteiger partial charge in [-0.25, -0.2) is 9.78 Å². The molecule has 188 valence electrons. The Kier molecular flexibility index (Phi) is 7.75. The lowest BCUT2D eigenvalue weighted by Crippen LogP contribution is -2.35. The van der Waals surface area contributed by atoms with Gasteiger partial charge in [-0.15, -0.1) is 0 Å². The molecule has 1 saturated heterocycles. The number of nitrogens with zero attached hydrogens (tertiary/aromatic N) is 4. The molecule has 0 amide bonds. The van der Waals surface area contributed by atoms with Crippen molar-refractivity contribution in [1.82, 2.24) is 19.6 Å². The van der Waals surface area contributed by atoms with Gasteiger partial charge in [-0.2, -0.15) is 0 Å². The molecule has 0 atom stereocenters. The SMILES string of the molecule is CCOC(=O)c1nccn1Cc1cc(-c2ccc(C#Cc3ccc(CN4CCOCC4)cc3)cc2)on1. The summed E-state index contributed by atoms with van der Waals surface area (Å²) in [5.41, 5.74) is 4.76. The van der Waals surface area contributed by atoms with Crippen molar-refractivity contribution in [2.75, 3.05) is 32.9 Å². The number of rotatable bonds is 7. The number of ether oxygens (including phenoxy) is 2. The summed E-state index contributed by atoms with van der Waals surface area (Å²) in [5, 5.41) is 4.14. The van der Waals surface area contributed by atoms with Crippen LogP contribution in [0, 0.1) is 11.8 Å². The summed E-state index contributed by atoms with van der Waals surface area (Å²) in [6.45, 7) is 6.93. The monoisotopic (exact) mass is 496 g/mol. The lowest BCUT2D eigenvalue weighted by atomic mass is 10.1. The first-order valence-corrected chi connectivity index (χ1v) is 12.3. The van der Waals surface area contributed by atoms with Crippen LogP contribution < -0.4 is 0 Å². The molecule has 1 aliphatic heterocycles. The van der Waals surface area contributed by atoms with E-state index in [1.165, 1.54) is 5.56 Å². The molecule has 0 radical (unpaired) electrons. The van der Waals surface area contributed by atoms with Gasteiger partial charge in [-0.1, -0.05) is 29.1 Å². The van der Waals surface area contributed by atoms with E-state index in [1.807, 2.05) is 30.3 Å². The molecule has 1 fully saturated rings. The highest BCUT2D eigenvalue weighted by Gasteiger charge is 2.16. The summed E-state index contributed by atoms with van der Waals surface area (Å²) in [6, 6.07) is 18.1. The zero-order valence-corrected chi connectivity index (χ0v) is 20.7. The highest BCUT2D eigenvalue weighted by Crippen LogP contribution is 2.21. The minimum atomic E-state index is -0.461. The molecule has 0 unspecified atom stereocenters. The molecule has 2 aromatic heterocycles. The third kappa shape index (κ3) is 6.33. The Morgan fingerprint density at radius 2 is 1.70 bits per heavy atom. The van der Waals surface area contributed by atoms with Gasteiger partial charge in [0.2, 0.25) is 5.82 Å². The first-order chi connectivity index (χ1) is 18.2. The molecule has 4 aromatic rings. The van der Waals surface area contributed by atoms with Crippen LogP contribution in [0.1, 0.15) is 39.9 Å². The number of aromatic nitrogens is 3. The second kappa shape index (κ2) is 11.7. The van der Waals surface area contributed by atoms with Crippen molar-refractivity contribution in [3.63, 3.8) is 0 Å². The van der Waals surface area contributed by atoms with E-state index >= 15 is 0 Å². The summed E-state index contributed by atoms with van der Waals surface area (Å²) in [5.74, 6) is 6.88. The number of morpholine rings is 1. The standard InChI is InChI=1S/C29H28N4O4/c1-2-36-29(34)28-30-13-14-33(28)21-26-19-27(37-31-26)25-11-9-23(10-12-25)4-3-22-5-7-24(8-6-22)20-32-15-17-35-18-16-32/h5-14,19H,2,15-18,20-21H2,1H3. The predicted octanol–water partition coefficient (Wildman–Crippen LogP) is 4.00. The largest absolute Gasteiger partial charge is 0.460 e. The van der Waals surface area contributed by atoms with E-state index in [-0.39, 0.29) is 5.82 Å². The molecule has 0 N–H and O–H groups in total. The lowest BCUT2D eigenvalue weighted by molar-refractivity contribution is 0.0342. The van der Waals surface area contributed by atoms with E-state index in [0.29, 0.717) is 24.6 Å². The second-order valence-electron chi connectivity index (χ2n) is 8.69. The summed E-state index contributed by atoms with van der Waals surface area (Å²) in [6.07, 6.45) is 3.28. The summed E-state index contributed by atoms with van der Waals surface area (Å²) >= 11 is 0. The van der Waals surface area contributed by atoms with Crippen LogP contribution in [0.25, 0.3) is 11.3 Å². The Hall–Kier alpha value is -4.19. The number of esters is 1. The van der Waals surface area contributed by atoms with Crippen LogP contribution >= 0.6 is 0 Å². The van der Waals surface area contributed by atoms with E-state index in [2.05, 4.69) is 51.1 Å². The molecule has 8 heteroatoms. The first-order valence-electron chi connectivity index (χ1n) is 12.3. The third-order valence-electron chi connectivity index (χ3n) is 6.05. The molecule has 0 spiro atoms. The van der Waals surface area contributed by atoms with Crippen LogP contribution in [-0.2, 0) is 22.6 Å². The zero-order chi connectivity index (χ0) is 25.5. The van der Waals surface area contributed by atoms with Crippen molar-refractivity contribution < 1.29 is 18.8 Å². The molecule has 0 saturated carbocycles. The van der Waals surface area contributed by atoms with Crippen LogP contribution in [0.3, 0.4) is 0 Å². The van der Waals surface area contributed by atoms with Gasteiger partial charge in [0.25, 0.3) is 0 Å². The Morgan fingerprint density at radius 1 is 1.00 bits per heavy atom. The number of hydrogen-bond donors (Lipinski definition) is 0. The highest BCUT2D eigenvalue weighted by atomic mass is 16.5. The lowest BCUT2D eigenvalue weighted by Gasteiger charge is -2.26. The third-order valence-corrected chi connectivity index (χ3v) is 6.05. The average molecular weight is 497 g/mol. The van der Waals surface area contributed by atoms with Crippen LogP contribution in [0.15, 0.2) is 71.5 Å². The van der Waals surface area contributed by atoms with Gasteiger partial charge in [0.15, 0.2) is 5.76 Å². The van der Waals surface area contributed by atoms with E-state index in [0.717, 1.165) is 49.5 Å². The van der Waals surface area contributed by atoms with Crippen LogP contribution in [-0.4, -0.2) is 58.5 Å². The molecule has 0 bridgehead atoms. The van der Waals surface area contributed by atoms with Gasteiger partial charge in [0, 0.05) is 54.8 Å². The second-order valence-corrected chi connectivity index (χ2v) is 8.69. The van der Waals surface area contributed by atoms with Crippen LogP contribution in [0.4, 0.5) is 0 Å². The highest BCUT2D eigenvalue weighted by molar-refractivity contribution is 5.85. The topological polar surface area (TPSA) is 82.6 Å². The van der Waals surface area contributed by atoms with E-state index < -0.39 is 5.97 Å². The maximum atomic E-state index is 12.0. The fourth-order valence-corrected chi connectivity index (χ4v) is 4.09. The fraction of sp³-hybridized carbons (Fsp3) is 0.276. The fourth-order valence-electron chi connectivity index (χ4n) is 4.09. The van der Waals surface area contributed by atoms with Crippen molar-refractivity contribution in [2.45, 2.75) is 20.0 Å². The molecule has 8 nitrogen and oxygen atoms in total. The summed E-state index contributed by atoms with van der Waals surface area (Å²) in [7, 11) is 0. The molecule has 3 heterocycles. The van der Waals surface area contributed by atoms with Crippen molar-refractivity contribution in [3.05, 3.63) is 95.2 Å². The normalized spacial score (nSPS) is 13.6. The Bertz CT molecular complexity index is 1390. The van der Waals surface area contributed by atoms with Gasteiger partial charge in [-0.05, 0) is 48.9 Å². The zero-order valence-electron chi connectivity index (χ0n) is 20.7. The Morgan fingerprint density at radius 3 is 2.41 bits per heavy atom. The quantitative estimate of drug-likeness (QED) is 0.283. The number of carbonyl (C=O) groups excluding carboxylic acids is 1. The molecule has 2 aromatic carbocycles. The minimum absolute atomic E-state index is 0.237. The predicted molar refractivity (Wildman–Crippen MR) is 138 cm³/mol. The maximum Gasteiger partial charge on any atom is 0.374 e. The number of imidazole rings is 1. The molecule has 5 rings (SSSR count). The van der Waals surface area contributed by atoms with Crippen molar-refractivity contribution in [3.8, 4) is 23.2 Å². The van der Waals surface area contributed by atoms with E-state index in [1.54, 1.807) is 23.9 Å². The van der Waals surface area contributed by atoms with Crippen molar-refractivity contribution in [1.29, 1.82) is 0 Å². The molecular formula is C29H28N4O4. The number of benzene rings is 2. The van der Waals surface area contributed by atoms with Gasteiger partial charge in [0.05, 0.1) is 26.4 Å². The van der Waals surface area contributed by atoms with Gasteiger partial charge in [0.1, 0.15) is 5.69 Å². The Balaban J connectivity index is 1.20. The van der Waals surface area contributed by atoms with E-state index in [9.17, 15) is 4.79 Å². The number of carbonyl (C=O) groups is 1.